The van der Waals surface area contributed by atoms with Gasteiger partial charge in [-0.1, -0.05) is 30.7 Å². The first-order valence-electron chi connectivity index (χ1n) is 11.6. The predicted octanol–water partition coefficient (Wildman–Crippen LogP) is 4.54. The maximum atomic E-state index is 12.4. The lowest BCUT2D eigenvalue weighted by Crippen LogP contribution is -2.18. The third kappa shape index (κ3) is 9.08. The molecule has 0 unspecified atom stereocenters. The Bertz CT molecular complexity index is 1150. The van der Waals surface area contributed by atoms with Crippen molar-refractivity contribution in [3.63, 3.8) is 0 Å². The molecular weight excluding hydrogens is 477 g/mol. The molecular formula is C24H27F3N6O3. The van der Waals surface area contributed by atoms with Crippen molar-refractivity contribution < 1.29 is 27.5 Å². The molecule has 0 aliphatic rings. The molecule has 1 amide bonds. The summed E-state index contributed by atoms with van der Waals surface area (Å²) in [6.07, 6.45) is 1.30. The first kappa shape index (κ1) is 26.8. The van der Waals surface area contributed by atoms with Gasteiger partial charge in [0.25, 0.3) is 0 Å². The van der Waals surface area contributed by atoms with Crippen LogP contribution in [-0.2, 0) is 24.2 Å². The molecule has 0 fully saturated rings. The van der Waals surface area contributed by atoms with E-state index in [0.29, 0.717) is 30.6 Å². The molecule has 2 heterocycles. The van der Waals surface area contributed by atoms with Crippen LogP contribution in [0.25, 0.3) is 0 Å². The summed E-state index contributed by atoms with van der Waals surface area (Å²) >= 11 is 0. The number of hydrogen-bond donors (Lipinski definition) is 1. The molecule has 12 heteroatoms. The SMILES string of the molecule is CCCCC(=O)c1cn(CCCCc2ccc(NC(=O)Cc3cccc(OC(F)(F)F)c3)nn2)nn1. The van der Waals surface area contributed by atoms with Crippen LogP contribution in [0.15, 0.2) is 42.6 Å². The van der Waals surface area contributed by atoms with Gasteiger partial charge >= 0.3 is 6.36 Å². The Kier molecular flexibility index (Phi) is 9.48. The van der Waals surface area contributed by atoms with Gasteiger partial charge in [-0.25, -0.2) is 0 Å². The molecule has 36 heavy (non-hydrogen) atoms. The Morgan fingerprint density at radius 3 is 2.61 bits per heavy atom. The maximum absolute atomic E-state index is 12.4. The van der Waals surface area contributed by atoms with Crippen molar-refractivity contribution in [3.8, 4) is 5.75 Å². The van der Waals surface area contributed by atoms with Crippen molar-refractivity contribution in [1.29, 1.82) is 0 Å². The van der Waals surface area contributed by atoms with E-state index in [1.54, 1.807) is 23.0 Å². The van der Waals surface area contributed by atoms with E-state index >= 15 is 0 Å². The lowest BCUT2D eigenvalue weighted by molar-refractivity contribution is -0.274. The Labute approximate surface area is 206 Å². The monoisotopic (exact) mass is 504 g/mol. The number of anilines is 1. The summed E-state index contributed by atoms with van der Waals surface area (Å²) in [6, 6.07) is 8.61. The van der Waals surface area contributed by atoms with Gasteiger partial charge in [0.2, 0.25) is 5.91 Å². The number of unbranched alkanes of at least 4 members (excludes halogenated alkanes) is 2. The largest absolute Gasteiger partial charge is 0.573 e. The van der Waals surface area contributed by atoms with Gasteiger partial charge in [-0.3, -0.25) is 14.3 Å². The molecule has 3 aromatic rings. The number of amides is 1. The first-order valence-corrected chi connectivity index (χ1v) is 11.6. The summed E-state index contributed by atoms with van der Waals surface area (Å²) in [7, 11) is 0. The summed E-state index contributed by atoms with van der Waals surface area (Å²) in [5.41, 5.74) is 1.51. The predicted molar refractivity (Wildman–Crippen MR) is 124 cm³/mol. The van der Waals surface area contributed by atoms with E-state index in [-0.39, 0.29) is 23.8 Å². The van der Waals surface area contributed by atoms with E-state index in [1.807, 2.05) is 6.92 Å². The zero-order chi connectivity index (χ0) is 26.0. The molecule has 0 aliphatic carbocycles. The number of Topliss-reactive ketones (excluding diaryl/α,β-unsaturated/α-hetero) is 1. The normalized spacial score (nSPS) is 11.3. The molecule has 0 saturated carbocycles. The smallest absolute Gasteiger partial charge is 0.406 e. The lowest BCUT2D eigenvalue weighted by Gasteiger charge is -2.10. The number of aryl methyl sites for hydroxylation is 2. The van der Waals surface area contributed by atoms with E-state index < -0.39 is 12.3 Å². The third-order valence-corrected chi connectivity index (χ3v) is 5.14. The number of carbonyl (C=O) groups excluding carboxylic acids is 2. The zero-order valence-electron chi connectivity index (χ0n) is 19.8. The maximum Gasteiger partial charge on any atom is 0.573 e. The Morgan fingerprint density at radius 2 is 1.89 bits per heavy atom. The fraction of sp³-hybridized carbons (Fsp3) is 0.417. The summed E-state index contributed by atoms with van der Waals surface area (Å²) < 4.78 is 42.6. The lowest BCUT2D eigenvalue weighted by atomic mass is 10.1. The van der Waals surface area contributed by atoms with Crippen molar-refractivity contribution >= 4 is 17.5 Å². The highest BCUT2D eigenvalue weighted by Gasteiger charge is 2.31. The number of benzene rings is 1. The van der Waals surface area contributed by atoms with E-state index in [2.05, 4.69) is 30.6 Å². The fourth-order valence-electron chi connectivity index (χ4n) is 3.37. The van der Waals surface area contributed by atoms with Crippen LogP contribution in [0.2, 0.25) is 0 Å². The molecule has 0 aliphatic heterocycles. The molecule has 0 radical (unpaired) electrons. The number of nitrogens with one attached hydrogen (secondary N) is 1. The Balaban J connectivity index is 1.40. The first-order chi connectivity index (χ1) is 17.2. The Hall–Kier alpha value is -3.83. The molecule has 3 rings (SSSR count). The van der Waals surface area contributed by atoms with Crippen LogP contribution in [0.3, 0.4) is 0 Å². The topological polar surface area (TPSA) is 112 Å². The molecule has 0 spiro atoms. The number of ketones is 1. The molecule has 9 nitrogen and oxygen atoms in total. The minimum atomic E-state index is -4.80. The number of carbonyl (C=O) groups is 2. The average Bonchev–Trinajstić information content (AvgIpc) is 3.29. The molecule has 192 valence electrons. The molecule has 1 N–H and O–H groups in total. The fourth-order valence-corrected chi connectivity index (χ4v) is 3.37. The minimum absolute atomic E-state index is 0.00884. The van der Waals surface area contributed by atoms with Gasteiger partial charge < -0.3 is 10.1 Å². The number of ether oxygens (including phenoxy) is 1. The summed E-state index contributed by atoms with van der Waals surface area (Å²) in [5.74, 6) is -0.577. The van der Waals surface area contributed by atoms with Gasteiger partial charge in [-0.15, -0.1) is 23.4 Å². The van der Waals surface area contributed by atoms with Crippen LogP contribution >= 0.6 is 0 Å². The third-order valence-electron chi connectivity index (χ3n) is 5.14. The Morgan fingerprint density at radius 1 is 1.06 bits per heavy atom. The van der Waals surface area contributed by atoms with Crippen LogP contribution in [-0.4, -0.2) is 43.2 Å². The van der Waals surface area contributed by atoms with E-state index in [0.717, 1.165) is 43.5 Å². The number of alkyl halides is 3. The van der Waals surface area contributed by atoms with Gasteiger partial charge in [0.1, 0.15) is 11.4 Å². The van der Waals surface area contributed by atoms with Crippen molar-refractivity contribution in [2.75, 3.05) is 5.32 Å². The highest BCUT2D eigenvalue weighted by molar-refractivity contribution is 5.93. The number of hydrogen-bond acceptors (Lipinski definition) is 7. The quantitative estimate of drug-likeness (QED) is 0.269. The van der Waals surface area contributed by atoms with Gasteiger partial charge in [0, 0.05) is 13.0 Å². The van der Waals surface area contributed by atoms with Gasteiger partial charge in [-0.2, -0.15) is 5.10 Å². The summed E-state index contributed by atoms with van der Waals surface area (Å²) in [4.78, 5) is 24.2. The van der Waals surface area contributed by atoms with E-state index in [1.165, 1.54) is 12.1 Å². The van der Waals surface area contributed by atoms with Crippen LogP contribution in [0.4, 0.5) is 19.0 Å². The molecule has 1 aromatic carbocycles. The van der Waals surface area contributed by atoms with Crippen LogP contribution < -0.4 is 10.1 Å². The zero-order valence-corrected chi connectivity index (χ0v) is 19.8. The van der Waals surface area contributed by atoms with Crippen molar-refractivity contribution in [2.24, 2.45) is 0 Å². The highest BCUT2D eigenvalue weighted by atomic mass is 19.4. The van der Waals surface area contributed by atoms with Crippen LogP contribution in [0, 0.1) is 0 Å². The second-order valence-corrected chi connectivity index (χ2v) is 8.18. The number of halogens is 3. The van der Waals surface area contributed by atoms with Gasteiger partial charge in [0.05, 0.1) is 18.3 Å². The summed E-state index contributed by atoms with van der Waals surface area (Å²) in [5, 5.41) is 18.6. The summed E-state index contributed by atoms with van der Waals surface area (Å²) in [6.45, 7) is 2.66. The van der Waals surface area contributed by atoms with Crippen LogP contribution in [0.1, 0.15) is 60.8 Å². The average molecular weight is 505 g/mol. The molecule has 2 aromatic heterocycles. The number of nitrogens with zero attached hydrogens (tertiary/aromatic N) is 5. The molecule has 0 atom stereocenters. The second kappa shape index (κ2) is 12.8. The minimum Gasteiger partial charge on any atom is -0.406 e. The highest BCUT2D eigenvalue weighted by Crippen LogP contribution is 2.23. The van der Waals surface area contributed by atoms with Gasteiger partial charge in [0.15, 0.2) is 11.6 Å². The number of aromatic nitrogens is 5. The van der Waals surface area contributed by atoms with Crippen molar-refractivity contribution in [1.82, 2.24) is 25.2 Å². The van der Waals surface area contributed by atoms with Crippen LogP contribution in [0.5, 0.6) is 5.75 Å². The van der Waals surface area contributed by atoms with E-state index in [9.17, 15) is 22.8 Å². The molecule has 0 saturated heterocycles. The van der Waals surface area contributed by atoms with Crippen molar-refractivity contribution in [2.45, 2.75) is 64.8 Å². The molecule has 0 bridgehead atoms. The van der Waals surface area contributed by atoms with Crippen molar-refractivity contribution in [3.05, 3.63) is 59.5 Å². The van der Waals surface area contributed by atoms with Gasteiger partial charge in [-0.05, 0) is 55.5 Å². The number of rotatable bonds is 13. The van der Waals surface area contributed by atoms with E-state index in [4.69, 9.17) is 0 Å². The second-order valence-electron chi connectivity index (χ2n) is 8.18. The standard InChI is InChI=1S/C24H27F3N6O3/c1-2-3-10-21(34)20-16-33(32-30-20)13-5-4-8-18-11-12-22(31-29-18)28-23(35)15-17-7-6-9-19(14-17)36-24(25,26)27/h6-7,9,11-12,14,16H,2-5,8,10,13,15H2,1H3,(H,28,31,35).